The number of sulfonamides is 1. The van der Waals surface area contributed by atoms with Crippen molar-refractivity contribution in [1.29, 1.82) is 0 Å². The average Bonchev–Trinajstić information content (AvgIpc) is 2.84. The molecular weight excluding hydrogens is 282 g/mol. The van der Waals surface area contributed by atoms with Crippen LogP contribution in [-0.2, 0) is 16.6 Å². The van der Waals surface area contributed by atoms with E-state index >= 15 is 0 Å². The number of likely N-dealkylation sites (N-methyl/N-ethyl adjacent to an activating group) is 1. The monoisotopic (exact) mass is 305 g/mol. The number of thiophene rings is 1. The minimum absolute atomic E-state index is 0.117. The second-order valence-electron chi connectivity index (χ2n) is 4.43. The van der Waals surface area contributed by atoms with Crippen molar-refractivity contribution in [2.24, 2.45) is 5.73 Å². The van der Waals surface area contributed by atoms with Crippen molar-refractivity contribution in [3.63, 3.8) is 0 Å². The van der Waals surface area contributed by atoms with Crippen LogP contribution in [0.2, 0.25) is 0 Å². The second-order valence-corrected chi connectivity index (χ2v) is 7.54. The lowest BCUT2D eigenvalue weighted by Crippen LogP contribution is -2.41. The molecule has 0 saturated heterocycles. The van der Waals surface area contributed by atoms with Gasteiger partial charge in [0, 0.05) is 24.0 Å². The molecule has 1 aromatic heterocycles. The maximum atomic E-state index is 12.2. The Morgan fingerprint density at radius 1 is 1.37 bits per heavy atom. The van der Waals surface area contributed by atoms with Gasteiger partial charge in [-0.15, -0.1) is 11.3 Å². The van der Waals surface area contributed by atoms with E-state index in [0.29, 0.717) is 17.3 Å². The number of rotatable bonds is 8. The summed E-state index contributed by atoms with van der Waals surface area (Å²) in [5.41, 5.74) is 5.50. The molecule has 0 aromatic carbocycles. The summed E-state index contributed by atoms with van der Waals surface area (Å²) in [6, 6.07) is 3.25. The van der Waals surface area contributed by atoms with Crippen LogP contribution in [-0.4, -0.2) is 39.0 Å². The van der Waals surface area contributed by atoms with Gasteiger partial charge < -0.3 is 10.6 Å². The topological polar surface area (TPSA) is 75.4 Å². The molecule has 1 heterocycles. The van der Waals surface area contributed by atoms with Crippen LogP contribution in [0.3, 0.4) is 0 Å². The predicted molar refractivity (Wildman–Crippen MR) is 79.8 cm³/mol. The summed E-state index contributed by atoms with van der Waals surface area (Å²) in [7, 11) is -3.42. The largest absolute Gasteiger partial charge is 0.326 e. The van der Waals surface area contributed by atoms with Crippen molar-refractivity contribution in [3.05, 3.63) is 17.0 Å². The van der Waals surface area contributed by atoms with Crippen molar-refractivity contribution in [2.75, 3.05) is 19.6 Å². The molecule has 0 amide bonds. The molecule has 0 aliphatic carbocycles. The molecule has 7 heteroatoms. The summed E-state index contributed by atoms with van der Waals surface area (Å²) in [6.07, 6.45) is 0. The Kier molecular flexibility index (Phi) is 6.41. The molecule has 5 nitrogen and oxygen atoms in total. The first-order chi connectivity index (χ1) is 8.92. The van der Waals surface area contributed by atoms with Crippen LogP contribution in [0.1, 0.15) is 25.6 Å². The van der Waals surface area contributed by atoms with E-state index in [9.17, 15) is 8.42 Å². The number of nitrogens with one attached hydrogen (secondary N) is 1. The smallest absolute Gasteiger partial charge is 0.250 e. The Morgan fingerprint density at radius 2 is 2.00 bits per heavy atom. The Hall–Kier alpha value is -0.470. The standard InChI is InChI=1S/C12H23N3O2S2/c1-4-15(5-2)9-10(3)14-19(16,17)12-7-6-11(8-13)18-12/h6-7,10,14H,4-5,8-9,13H2,1-3H3. The van der Waals surface area contributed by atoms with E-state index in [0.717, 1.165) is 18.0 Å². The zero-order valence-electron chi connectivity index (χ0n) is 11.7. The van der Waals surface area contributed by atoms with Gasteiger partial charge in [-0.25, -0.2) is 13.1 Å². The third kappa shape index (κ3) is 4.85. The van der Waals surface area contributed by atoms with Crippen LogP contribution in [0.15, 0.2) is 16.3 Å². The van der Waals surface area contributed by atoms with E-state index in [2.05, 4.69) is 23.5 Å². The molecule has 0 aliphatic rings. The summed E-state index contributed by atoms with van der Waals surface area (Å²) in [6.45, 7) is 8.93. The van der Waals surface area contributed by atoms with E-state index < -0.39 is 10.0 Å². The molecule has 110 valence electrons. The summed E-state index contributed by atoms with van der Waals surface area (Å²) in [4.78, 5) is 3.06. The Morgan fingerprint density at radius 3 is 2.47 bits per heavy atom. The average molecular weight is 305 g/mol. The predicted octanol–water partition coefficient (Wildman–Crippen LogP) is 1.22. The molecule has 19 heavy (non-hydrogen) atoms. The van der Waals surface area contributed by atoms with Gasteiger partial charge in [-0.3, -0.25) is 0 Å². The molecule has 1 aromatic rings. The lowest BCUT2D eigenvalue weighted by molar-refractivity contribution is 0.282. The first kappa shape index (κ1) is 16.6. The highest BCUT2D eigenvalue weighted by Gasteiger charge is 2.20. The summed E-state index contributed by atoms with van der Waals surface area (Å²) >= 11 is 1.22. The molecule has 0 spiro atoms. The van der Waals surface area contributed by atoms with E-state index in [1.54, 1.807) is 12.1 Å². The minimum atomic E-state index is -3.42. The molecule has 3 N–H and O–H groups in total. The Bertz CT molecular complexity index is 481. The fraction of sp³-hybridized carbons (Fsp3) is 0.667. The van der Waals surface area contributed by atoms with Gasteiger partial charge in [0.25, 0.3) is 0 Å². The van der Waals surface area contributed by atoms with Crippen LogP contribution >= 0.6 is 11.3 Å². The quantitative estimate of drug-likeness (QED) is 0.757. The van der Waals surface area contributed by atoms with Crippen LogP contribution in [0, 0.1) is 0 Å². The SMILES string of the molecule is CCN(CC)CC(C)NS(=O)(=O)c1ccc(CN)s1. The first-order valence-electron chi connectivity index (χ1n) is 6.46. The van der Waals surface area contributed by atoms with Gasteiger partial charge in [0.05, 0.1) is 0 Å². The van der Waals surface area contributed by atoms with Crippen LogP contribution in [0.5, 0.6) is 0 Å². The number of hydrogen-bond donors (Lipinski definition) is 2. The van der Waals surface area contributed by atoms with Gasteiger partial charge >= 0.3 is 0 Å². The van der Waals surface area contributed by atoms with Crippen molar-refractivity contribution in [3.8, 4) is 0 Å². The lowest BCUT2D eigenvalue weighted by Gasteiger charge is -2.23. The lowest BCUT2D eigenvalue weighted by atomic mass is 10.3. The summed E-state index contributed by atoms with van der Waals surface area (Å²) in [5, 5.41) is 0. The highest BCUT2D eigenvalue weighted by atomic mass is 32.2. The fourth-order valence-corrected chi connectivity index (χ4v) is 4.33. The first-order valence-corrected chi connectivity index (χ1v) is 8.76. The zero-order chi connectivity index (χ0) is 14.5. The number of hydrogen-bond acceptors (Lipinski definition) is 5. The Balaban J connectivity index is 2.68. The molecule has 0 aliphatic heterocycles. The van der Waals surface area contributed by atoms with Gasteiger partial charge in [-0.05, 0) is 32.1 Å². The molecular formula is C12H23N3O2S2. The van der Waals surface area contributed by atoms with Gasteiger partial charge in [-0.2, -0.15) is 0 Å². The van der Waals surface area contributed by atoms with Crippen LogP contribution in [0.4, 0.5) is 0 Å². The summed E-state index contributed by atoms with van der Waals surface area (Å²) in [5.74, 6) is 0. The number of nitrogens with two attached hydrogens (primary N) is 1. The molecule has 0 saturated carbocycles. The van der Waals surface area contributed by atoms with Gasteiger partial charge in [0.15, 0.2) is 0 Å². The maximum Gasteiger partial charge on any atom is 0.250 e. The van der Waals surface area contributed by atoms with E-state index in [1.807, 2.05) is 6.92 Å². The maximum absolute atomic E-state index is 12.2. The third-order valence-corrected chi connectivity index (χ3v) is 6.07. The van der Waals surface area contributed by atoms with Crippen molar-refractivity contribution < 1.29 is 8.42 Å². The zero-order valence-corrected chi connectivity index (χ0v) is 13.4. The highest BCUT2D eigenvalue weighted by Crippen LogP contribution is 2.21. The van der Waals surface area contributed by atoms with Gasteiger partial charge in [0.2, 0.25) is 10.0 Å². The molecule has 0 radical (unpaired) electrons. The van der Waals surface area contributed by atoms with E-state index in [-0.39, 0.29) is 6.04 Å². The van der Waals surface area contributed by atoms with E-state index in [1.165, 1.54) is 11.3 Å². The molecule has 1 atom stereocenters. The van der Waals surface area contributed by atoms with E-state index in [4.69, 9.17) is 5.73 Å². The van der Waals surface area contributed by atoms with Crippen molar-refractivity contribution >= 4 is 21.4 Å². The highest BCUT2D eigenvalue weighted by molar-refractivity contribution is 7.91. The molecule has 1 rings (SSSR count). The van der Waals surface area contributed by atoms with Crippen LogP contribution in [0.25, 0.3) is 0 Å². The normalized spacial score (nSPS) is 13.9. The third-order valence-electron chi connectivity index (χ3n) is 2.89. The number of nitrogens with zero attached hydrogens (tertiary/aromatic N) is 1. The minimum Gasteiger partial charge on any atom is -0.326 e. The van der Waals surface area contributed by atoms with Crippen molar-refractivity contribution in [1.82, 2.24) is 9.62 Å². The second kappa shape index (κ2) is 7.35. The summed E-state index contributed by atoms with van der Waals surface area (Å²) < 4.78 is 27.4. The molecule has 1 unspecified atom stereocenters. The van der Waals surface area contributed by atoms with Crippen molar-refractivity contribution in [2.45, 2.75) is 37.6 Å². The Labute approximate surface area is 119 Å². The van der Waals surface area contributed by atoms with Gasteiger partial charge in [-0.1, -0.05) is 13.8 Å². The van der Waals surface area contributed by atoms with Gasteiger partial charge in [0.1, 0.15) is 4.21 Å². The van der Waals surface area contributed by atoms with Crippen LogP contribution < -0.4 is 10.5 Å². The molecule has 0 fully saturated rings. The fourth-order valence-electron chi connectivity index (χ4n) is 1.84. The molecule has 0 bridgehead atoms.